The Morgan fingerprint density at radius 3 is 2.46 bits per heavy atom. The van der Waals surface area contributed by atoms with Gasteiger partial charge < -0.3 is 14.8 Å². The molecule has 1 aliphatic rings. The molecule has 11 heteroatoms. The normalized spacial score (nSPS) is 14.4. The molecule has 3 amide bonds. The summed E-state index contributed by atoms with van der Waals surface area (Å²) in [5, 5.41) is 4.63. The molecule has 4 rings (SSSR count). The lowest BCUT2D eigenvalue weighted by atomic mass is 10.0. The van der Waals surface area contributed by atoms with E-state index in [1.54, 1.807) is 11.9 Å². The first-order chi connectivity index (χ1) is 18.5. The number of hydrogen-bond donors (Lipinski definition) is 2. The number of rotatable bonds is 7. The number of nitrogens with one attached hydrogen (secondary N) is 2. The van der Waals surface area contributed by atoms with E-state index in [4.69, 9.17) is 11.6 Å². The Labute approximate surface area is 240 Å². The van der Waals surface area contributed by atoms with Crippen LogP contribution >= 0.6 is 27.5 Å². The summed E-state index contributed by atoms with van der Waals surface area (Å²) in [6.07, 6.45) is 5.15. The summed E-state index contributed by atoms with van der Waals surface area (Å²) in [6, 6.07) is 12.3. The van der Waals surface area contributed by atoms with Crippen LogP contribution in [-0.2, 0) is 22.9 Å². The Morgan fingerprint density at radius 1 is 1.15 bits per heavy atom. The summed E-state index contributed by atoms with van der Waals surface area (Å²) >= 11 is 9.34. The van der Waals surface area contributed by atoms with E-state index in [-0.39, 0.29) is 17.3 Å². The molecule has 0 radical (unpaired) electrons. The van der Waals surface area contributed by atoms with E-state index in [0.717, 1.165) is 38.3 Å². The Balaban J connectivity index is 1.48. The Kier molecular flexibility index (Phi) is 8.68. The van der Waals surface area contributed by atoms with Crippen LogP contribution in [0.5, 0.6) is 0 Å². The number of benzene rings is 2. The number of sulfonamides is 1. The topological polar surface area (TPSA) is 101 Å². The first kappa shape index (κ1) is 28.7. The van der Waals surface area contributed by atoms with Gasteiger partial charge in [-0.05, 0) is 73.4 Å². The fraction of sp³-hybridized carbons (Fsp3) is 0.214. The zero-order valence-corrected chi connectivity index (χ0v) is 24.7. The first-order valence-electron chi connectivity index (χ1n) is 12.2. The number of urea groups is 1. The highest BCUT2D eigenvalue weighted by Crippen LogP contribution is 2.20. The minimum atomic E-state index is -4.00. The van der Waals surface area contributed by atoms with Crippen molar-refractivity contribution in [2.45, 2.75) is 24.7 Å². The molecular weight excluding hydrogens is 604 g/mol. The molecule has 2 heterocycles. The summed E-state index contributed by atoms with van der Waals surface area (Å²) in [5.41, 5.74) is 3.33. The van der Waals surface area contributed by atoms with Crippen molar-refractivity contribution in [3.05, 3.63) is 91.5 Å². The van der Waals surface area contributed by atoms with Crippen molar-refractivity contribution in [3.63, 3.8) is 0 Å². The minimum absolute atomic E-state index is 0.0507. The van der Waals surface area contributed by atoms with Gasteiger partial charge in [-0.3, -0.25) is 4.79 Å². The van der Waals surface area contributed by atoms with Crippen LogP contribution in [0.25, 0.3) is 18.3 Å². The second-order valence-corrected chi connectivity index (χ2v) is 12.1. The maximum absolute atomic E-state index is 13.2. The van der Waals surface area contributed by atoms with Gasteiger partial charge in [-0.2, -0.15) is 0 Å². The quantitative estimate of drug-likeness (QED) is 0.417. The molecule has 1 aromatic heterocycles. The monoisotopic (exact) mass is 630 g/mol. The van der Waals surface area contributed by atoms with Crippen molar-refractivity contribution in [2.75, 3.05) is 20.1 Å². The number of fused-ring (bicyclic) bond motifs is 1. The molecule has 1 aliphatic heterocycles. The Morgan fingerprint density at radius 2 is 1.82 bits per heavy atom. The molecule has 0 saturated carbocycles. The maximum atomic E-state index is 13.2. The van der Waals surface area contributed by atoms with E-state index in [1.165, 1.54) is 24.3 Å². The van der Waals surface area contributed by atoms with Crippen molar-refractivity contribution in [2.24, 2.45) is 0 Å². The van der Waals surface area contributed by atoms with Crippen molar-refractivity contribution in [1.82, 2.24) is 19.5 Å². The van der Waals surface area contributed by atoms with Crippen molar-refractivity contribution < 1.29 is 18.0 Å². The Bertz CT molecular complexity index is 1660. The van der Waals surface area contributed by atoms with Crippen LogP contribution in [0, 0.1) is 0 Å². The number of nitrogens with zero attached hydrogens (tertiary/aromatic N) is 2. The second-order valence-electron chi connectivity index (χ2n) is 9.05. The van der Waals surface area contributed by atoms with Crippen LogP contribution in [0.3, 0.4) is 0 Å². The molecule has 2 aromatic carbocycles. The van der Waals surface area contributed by atoms with Crippen molar-refractivity contribution in [3.8, 4) is 5.69 Å². The number of hydrogen-bond acceptors (Lipinski definition) is 4. The summed E-state index contributed by atoms with van der Waals surface area (Å²) in [6.45, 7) is 7.10. The van der Waals surface area contributed by atoms with Gasteiger partial charge in [-0.1, -0.05) is 52.3 Å². The van der Waals surface area contributed by atoms with Gasteiger partial charge in [-0.15, -0.1) is 0 Å². The van der Waals surface area contributed by atoms with Crippen LogP contribution in [0.2, 0.25) is 5.02 Å². The summed E-state index contributed by atoms with van der Waals surface area (Å²) in [5.74, 6) is -0.0507. The molecule has 0 atom stereocenters. The lowest BCUT2D eigenvalue weighted by molar-refractivity contribution is 0.0772. The van der Waals surface area contributed by atoms with E-state index >= 15 is 0 Å². The van der Waals surface area contributed by atoms with Gasteiger partial charge in [0.15, 0.2) is 0 Å². The summed E-state index contributed by atoms with van der Waals surface area (Å²) < 4.78 is 29.5. The van der Waals surface area contributed by atoms with Gasteiger partial charge in [0.2, 0.25) is 0 Å². The van der Waals surface area contributed by atoms with Crippen LogP contribution in [0.15, 0.2) is 64.0 Å². The predicted molar refractivity (Wildman–Crippen MR) is 157 cm³/mol. The average molecular weight is 632 g/mol. The summed E-state index contributed by atoms with van der Waals surface area (Å²) in [4.78, 5) is 27.0. The molecular formula is C28H28BrClN4O4S. The van der Waals surface area contributed by atoms with E-state index < -0.39 is 16.1 Å². The molecule has 0 bridgehead atoms. The lowest BCUT2D eigenvalue weighted by Crippen LogP contribution is -2.40. The number of aromatic nitrogens is 1. The molecule has 3 aromatic rings. The van der Waals surface area contributed by atoms with Gasteiger partial charge >= 0.3 is 6.03 Å². The van der Waals surface area contributed by atoms with Gasteiger partial charge in [0.1, 0.15) is 5.69 Å². The number of carbonyl (C=O) groups excluding carboxylic acids is 2. The van der Waals surface area contributed by atoms with Gasteiger partial charge in [-0.25, -0.2) is 17.9 Å². The zero-order valence-electron chi connectivity index (χ0n) is 21.5. The second kappa shape index (κ2) is 11.8. The highest BCUT2D eigenvalue weighted by atomic mass is 79.9. The van der Waals surface area contributed by atoms with E-state index in [0.29, 0.717) is 23.7 Å². The molecule has 0 fully saturated rings. The zero-order chi connectivity index (χ0) is 28.3. The first-order valence-corrected chi connectivity index (χ1v) is 14.8. The number of amides is 3. The molecule has 0 aliphatic carbocycles. The standard InChI is InChI=1S/C28H28BrClN4O4S/c1-4-20(29)17-25-18(2)34(26-24(25)14-16-33(3)27(26)35)22-9-5-19(6-10-22)13-15-31-28(36)32-39(37,38)23-11-7-21(30)8-12-23/h4-12,17H,2,13-16H2,1,3H3,(H2,31,32,36). The lowest BCUT2D eigenvalue weighted by Gasteiger charge is -2.24. The molecule has 204 valence electrons. The highest BCUT2D eigenvalue weighted by molar-refractivity contribution is 9.12. The SMILES string of the molecule is C=c1c(=CC(Br)=CC)c2c(n1-c1ccc(CCNC(=O)NS(=O)(=O)c3ccc(Cl)cc3)cc1)C(=O)N(C)CC2. The molecule has 39 heavy (non-hydrogen) atoms. The average Bonchev–Trinajstić information content (AvgIpc) is 3.18. The van der Waals surface area contributed by atoms with E-state index in [1.807, 2.05) is 52.6 Å². The molecule has 0 unspecified atom stereocenters. The van der Waals surface area contributed by atoms with Gasteiger partial charge in [0.25, 0.3) is 15.9 Å². The van der Waals surface area contributed by atoms with E-state index in [2.05, 4.69) is 27.8 Å². The van der Waals surface area contributed by atoms with Crippen LogP contribution < -0.4 is 20.6 Å². The number of halogens is 2. The third-order valence-electron chi connectivity index (χ3n) is 6.46. The van der Waals surface area contributed by atoms with Crippen molar-refractivity contribution in [1.29, 1.82) is 0 Å². The van der Waals surface area contributed by atoms with Crippen LogP contribution in [0.4, 0.5) is 4.79 Å². The van der Waals surface area contributed by atoms with Crippen LogP contribution in [-0.4, -0.2) is 50.0 Å². The highest BCUT2D eigenvalue weighted by Gasteiger charge is 2.28. The van der Waals surface area contributed by atoms with Gasteiger partial charge in [0, 0.05) is 45.9 Å². The fourth-order valence-electron chi connectivity index (χ4n) is 4.37. The fourth-order valence-corrected chi connectivity index (χ4v) is 5.65. The maximum Gasteiger partial charge on any atom is 0.328 e. The predicted octanol–water partition coefficient (Wildman–Crippen LogP) is 3.48. The Hall–Kier alpha value is -3.34. The smallest absolute Gasteiger partial charge is 0.328 e. The third kappa shape index (κ3) is 6.29. The molecule has 0 spiro atoms. The largest absolute Gasteiger partial charge is 0.340 e. The third-order valence-corrected chi connectivity index (χ3v) is 8.75. The van der Waals surface area contributed by atoms with Crippen LogP contribution in [0.1, 0.15) is 28.5 Å². The molecule has 0 saturated heterocycles. The number of likely N-dealkylation sites (N-methyl/N-ethyl adjacent to an activating group) is 1. The molecule has 2 N–H and O–H groups in total. The van der Waals surface area contributed by atoms with E-state index in [9.17, 15) is 18.0 Å². The number of carbonyl (C=O) groups is 2. The minimum Gasteiger partial charge on any atom is -0.340 e. The molecule has 8 nitrogen and oxygen atoms in total. The summed E-state index contributed by atoms with van der Waals surface area (Å²) in [7, 11) is -2.21. The van der Waals surface area contributed by atoms with Gasteiger partial charge in [0.05, 0.1) is 4.90 Å². The number of allylic oxidation sites excluding steroid dienone is 2. The van der Waals surface area contributed by atoms with Crippen molar-refractivity contribution >= 4 is 62.1 Å².